The first-order valence-electron chi connectivity index (χ1n) is 7.35. The molecule has 0 bridgehead atoms. The molecule has 0 unspecified atom stereocenters. The lowest BCUT2D eigenvalue weighted by atomic mass is 9.95. The van der Waals surface area contributed by atoms with Crippen molar-refractivity contribution in [3.63, 3.8) is 0 Å². The van der Waals surface area contributed by atoms with Gasteiger partial charge in [0.05, 0.1) is 5.69 Å². The summed E-state index contributed by atoms with van der Waals surface area (Å²) in [6, 6.07) is 9.70. The third kappa shape index (κ3) is 3.34. The Morgan fingerprint density at radius 3 is 2.68 bits per heavy atom. The van der Waals surface area contributed by atoms with E-state index in [0.29, 0.717) is 19.4 Å². The quantitative estimate of drug-likeness (QED) is 0.901. The summed E-state index contributed by atoms with van der Waals surface area (Å²) in [6.07, 6.45) is 4.67. The summed E-state index contributed by atoms with van der Waals surface area (Å²) in [5.41, 5.74) is 0.779. The van der Waals surface area contributed by atoms with Crippen LogP contribution in [0.25, 0.3) is 5.69 Å². The summed E-state index contributed by atoms with van der Waals surface area (Å²) in [5.74, 6) is 1.41. The third-order valence-electron chi connectivity index (χ3n) is 3.90. The summed E-state index contributed by atoms with van der Waals surface area (Å²) < 4.78 is 1.78. The Morgan fingerprint density at radius 1 is 1.32 bits per heavy atom. The smallest absolute Gasteiger partial charge is 0.252 e. The number of nitrogens with one attached hydrogen (secondary N) is 1. The average Bonchev–Trinajstić information content (AvgIpc) is 3.08. The van der Waals surface area contributed by atoms with Crippen LogP contribution in [-0.4, -0.2) is 37.9 Å². The minimum atomic E-state index is -1.19. The molecule has 2 aromatic rings. The van der Waals surface area contributed by atoms with E-state index in [2.05, 4.69) is 10.4 Å². The highest BCUT2D eigenvalue weighted by Crippen LogP contribution is 2.27. The first-order chi connectivity index (χ1) is 10.7. The molecule has 0 spiro atoms. The number of thioether (sulfide) groups is 1. The normalized spacial score (nSPS) is 17.1. The van der Waals surface area contributed by atoms with Crippen LogP contribution in [0.3, 0.4) is 0 Å². The molecule has 3 rings (SSSR count). The highest BCUT2D eigenvalue weighted by Gasteiger charge is 2.37. The number of hydrogen-bond donors (Lipinski definition) is 2. The predicted octanol–water partition coefficient (Wildman–Crippen LogP) is 1.75. The zero-order chi connectivity index (χ0) is 15.4. The molecular weight excluding hydrogens is 298 g/mol. The van der Waals surface area contributed by atoms with Crippen LogP contribution in [-0.2, 0) is 11.3 Å². The van der Waals surface area contributed by atoms with Gasteiger partial charge in [0.25, 0.3) is 5.91 Å². The first kappa shape index (κ1) is 15.1. The molecular formula is C16H19N3O2S. The molecule has 0 atom stereocenters. The number of aromatic nitrogens is 2. The molecule has 0 saturated carbocycles. The van der Waals surface area contributed by atoms with Crippen LogP contribution in [0, 0.1) is 0 Å². The van der Waals surface area contributed by atoms with Crippen molar-refractivity contribution < 1.29 is 9.90 Å². The van der Waals surface area contributed by atoms with E-state index in [4.69, 9.17) is 0 Å². The van der Waals surface area contributed by atoms with Crippen LogP contribution in [0.2, 0.25) is 0 Å². The van der Waals surface area contributed by atoms with Crippen molar-refractivity contribution in [1.82, 2.24) is 15.1 Å². The van der Waals surface area contributed by atoms with Crippen LogP contribution in [0.1, 0.15) is 18.4 Å². The molecule has 0 aliphatic carbocycles. The van der Waals surface area contributed by atoms with Gasteiger partial charge in [0.2, 0.25) is 0 Å². The fourth-order valence-electron chi connectivity index (χ4n) is 2.47. The Labute approximate surface area is 133 Å². The van der Waals surface area contributed by atoms with E-state index in [9.17, 15) is 9.90 Å². The van der Waals surface area contributed by atoms with Crippen LogP contribution in [0.5, 0.6) is 0 Å². The Hall–Kier alpha value is -1.79. The van der Waals surface area contributed by atoms with E-state index in [1.165, 1.54) is 0 Å². The Kier molecular flexibility index (Phi) is 4.49. The predicted molar refractivity (Wildman–Crippen MR) is 86.9 cm³/mol. The third-order valence-corrected chi connectivity index (χ3v) is 4.89. The Balaban J connectivity index is 1.58. The molecule has 2 heterocycles. The van der Waals surface area contributed by atoms with E-state index in [-0.39, 0.29) is 5.91 Å². The lowest BCUT2D eigenvalue weighted by Gasteiger charge is -2.30. The molecule has 22 heavy (non-hydrogen) atoms. The number of carbonyl (C=O) groups is 1. The Morgan fingerprint density at radius 2 is 2.05 bits per heavy atom. The van der Waals surface area contributed by atoms with Crippen LogP contribution in [0.4, 0.5) is 0 Å². The fraction of sp³-hybridized carbons (Fsp3) is 0.375. The summed E-state index contributed by atoms with van der Waals surface area (Å²) >= 11 is 1.78. The molecule has 2 N–H and O–H groups in total. The number of nitrogens with zero attached hydrogens (tertiary/aromatic N) is 2. The van der Waals surface area contributed by atoms with Crippen molar-refractivity contribution in [3.8, 4) is 5.69 Å². The van der Waals surface area contributed by atoms with Crippen LogP contribution in [0.15, 0.2) is 42.7 Å². The summed E-state index contributed by atoms with van der Waals surface area (Å²) in [4.78, 5) is 12.2. The van der Waals surface area contributed by atoms with Gasteiger partial charge in [-0.2, -0.15) is 16.9 Å². The highest BCUT2D eigenvalue weighted by molar-refractivity contribution is 7.99. The second-order valence-electron chi connectivity index (χ2n) is 5.44. The van der Waals surface area contributed by atoms with Gasteiger partial charge in [-0.05, 0) is 48.1 Å². The van der Waals surface area contributed by atoms with E-state index in [1.54, 1.807) is 22.6 Å². The van der Waals surface area contributed by atoms with Crippen molar-refractivity contribution in [1.29, 1.82) is 0 Å². The molecule has 1 fully saturated rings. The van der Waals surface area contributed by atoms with Gasteiger partial charge in [-0.15, -0.1) is 0 Å². The maximum Gasteiger partial charge on any atom is 0.252 e. The average molecular weight is 317 g/mol. The number of benzene rings is 1. The van der Waals surface area contributed by atoms with E-state index in [1.807, 2.05) is 36.5 Å². The maximum atomic E-state index is 12.2. The van der Waals surface area contributed by atoms with Crippen LogP contribution < -0.4 is 5.32 Å². The van der Waals surface area contributed by atoms with Crippen LogP contribution >= 0.6 is 11.8 Å². The SMILES string of the molecule is O=C(NCc1ccc(-n2cccn2)cc1)C1(O)CCSCC1. The highest BCUT2D eigenvalue weighted by atomic mass is 32.2. The van der Waals surface area contributed by atoms with Crippen molar-refractivity contribution >= 4 is 17.7 Å². The molecule has 1 aliphatic rings. The fourth-order valence-corrected chi connectivity index (χ4v) is 3.64. The number of amides is 1. The summed E-state index contributed by atoms with van der Waals surface area (Å²) in [6.45, 7) is 0.424. The number of aliphatic hydroxyl groups is 1. The standard InChI is InChI=1S/C16H19N3O2S/c20-15(16(21)6-10-22-11-7-16)17-12-13-2-4-14(5-3-13)19-9-1-8-18-19/h1-5,8-9,21H,6-7,10-12H2,(H,17,20). The van der Waals surface area contributed by atoms with Crippen molar-refractivity contribution in [2.45, 2.75) is 25.0 Å². The zero-order valence-electron chi connectivity index (χ0n) is 12.2. The molecule has 1 aromatic heterocycles. The minimum Gasteiger partial charge on any atom is -0.380 e. The van der Waals surface area contributed by atoms with E-state index < -0.39 is 5.60 Å². The number of carbonyl (C=O) groups excluding carboxylic acids is 1. The Bertz CT molecular complexity index is 619. The summed E-state index contributed by atoms with van der Waals surface area (Å²) in [7, 11) is 0. The van der Waals surface area contributed by atoms with Gasteiger partial charge >= 0.3 is 0 Å². The first-order valence-corrected chi connectivity index (χ1v) is 8.50. The molecule has 1 aromatic carbocycles. The molecule has 0 radical (unpaired) electrons. The molecule has 1 aliphatic heterocycles. The molecule has 5 nitrogen and oxygen atoms in total. The van der Waals surface area contributed by atoms with Gasteiger partial charge in [-0.3, -0.25) is 4.79 Å². The van der Waals surface area contributed by atoms with Gasteiger partial charge in [-0.1, -0.05) is 12.1 Å². The van der Waals surface area contributed by atoms with E-state index >= 15 is 0 Å². The van der Waals surface area contributed by atoms with Crippen molar-refractivity contribution in [2.24, 2.45) is 0 Å². The second kappa shape index (κ2) is 6.54. The number of rotatable bonds is 4. The van der Waals surface area contributed by atoms with Gasteiger partial charge in [-0.25, -0.2) is 4.68 Å². The van der Waals surface area contributed by atoms with E-state index in [0.717, 1.165) is 22.8 Å². The lowest BCUT2D eigenvalue weighted by molar-refractivity contribution is -0.140. The molecule has 1 saturated heterocycles. The number of hydrogen-bond acceptors (Lipinski definition) is 4. The second-order valence-corrected chi connectivity index (χ2v) is 6.67. The molecule has 1 amide bonds. The van der Waals surface area contributed by atoms with Gasteiger partial charge in [0.15, 0.2) is 0 Å². The van der Waals surface area contributed by atoms with Crippen molar-refractivity contribution in [3.05, 3.63) is 48.3 Å². The monoisotopic (exact) mass is 317 g/mol. The van der Waals surface area contributed by atoms with Gasteiger partial charge in [0.1, 0.15) is 5.60 Å². The zero-order valence-corrected chi connectivity index (χ0v) is 13.1. The topological polar surface area (TPSA) is 67.2 Å². The molecule has 6 heteroatoms. The minimum absolute atomic E-state index is 0.260. The summed E-state index contributed by atoms with van der Waals surface area (Å²) in [5, 5.41) is 17.4. The van der Waals surface area contributed by atoms with Crippen molar-refractivity contribution in [2.75, 3.05) is 11.5 Å². The molecule has 116 valence electrons. The van der Waals surface area contributed by atoms with Gasteiger partial charge in [0, 0.05) is 18.9 Å². The van der Waals surface area contributed by atoms with Gasteiger partial charge < -0.3 is 10.4 Å². The lowest BCUT2D eigenvalue weighted by Crippen LogP contribution is -2.48. The largest absolute Gasteiger partial charge is 0.380 e. The maximum absolute atomic E-state index is 12.2.